The van der Waals surface area contributed by atoms with Crippen molar-refractivity contribution in [3.8, 4) is 0 Å². The van der Waals surface area contributed by atoms with Crippen molar-refractivity contribution >= 4 is 66.1 Å². The molecule has 0 saturated carbocycles. The molecule has 0 aliphatic heterocycles. The number of nitrogens with zero attached hydrogens (tertiary/aromatic N) is 1. The van der Waals surface area contributed by atoms with Crippen LogP contribution in [0.25, 0.3) is 32.3 Å². The van der Waals surface area contributed by atoms with Crippen LogP contribution in [0, 0.1) is 116 Å². The normalized spacial score (nSPS) is 11.7. The monoisotopic (exact) mass is 1100 g/mol. The second-order valence-corrected chi connectivity index (χ2v) is 17.2. The molecular weight excluding hydrogens is 1080 g/mol. The average Bonchev–Trinajstić information content (AvgIpc) is 3.57. The summed E-state index contributed by atoms with van der Waals surface area (Å²) >= 11 is 0. The Labute approximate surface area is 423 Å². The van der Waals surface area contributed by atoms with Crippen LogP contribution in [0.1, 0.15) is 21.6 Å². The summed E-state index contributed by atoms with van der Waals surface area (Å²) in [7, 11) is 0. The van der Waals surface area contributed by atoms with Gasteiger partial charge >= 0.3 is 0 Å². The van der Waals surface area contributed by atoms with Gasteiger partial charge in [0.2, 0.25) is 0 Å². The molecule has 0 N–H and O–H groups in total. The number of carbonyl (C=O) groups is 1. The molecule has 10 rings (SSSR count). The predicted molar refractivity (Wildman–Crippen MR) is 244 cm³/mol. The molecule has 23 heteroatoms. The molecule has 0 aliphatic carbocycles. The summed E-state index contributed by atoms with van der Waals surface area (Å²) in [5, 5.41) is 6.16. The van der Waals surface area contributed by atoms with Crippen molar-refractivity contribution in [2.24, 2.45) is 0 Å². The second-order valence-electron chi connectivity index (χ2n) is 17.2. The molecule has 0 unspecified atom stereocenters. The number of carbonyl (C=O) groups excluding carboxylic acids is 1. The molecule has 1 heterocycles. The van der Waals surface area contributed by atoms with E-state index in [9.17, 15) is 57.5 Å². The highest BCUT2D eigenvalue weighted by molar-refractivity contribution is 7.20. The van der Waals surface area contributed by atoms with Crippen LogP contribution in [0.4, 0.5) is 87.8 Å². The number of hydrogen-bond acceptors (Lipinski definition) is 1. The molecule has 1 aromatic heterocycles. The lowest BCUT2D eigenvalue weighted by Crippen LogP contribution is -2.81. The maximum Gasteiger partial charge on any atom is 0.261 e. The zero-order chi connectivity index (χ0) is 56.6. The van der Waals surface area contributed by atoms with Gasteiger partial charge in [-0.3, -0.25) is 4.79 Å². The quantitative estimate of drug-likeness (QED) is 0.0283. The standard InChI is InChI=1S/C31H22NO.C24BF20/c33-31(29-26-15-7-5-13-24(26)20-25-14-6-8-16-27(25)29)30-28-17-9-4-12-23(28)18-19-32(30)21-22-10-2-1-3-11-22;26-5-1(6(27)14(35)21(42)13(5)34)25(2-7(28)15(36)22(43)16(37)8(2)29,3-9(30)17(38)23(44)18(39)10(3)31)4-11(32)19(40)24(45)20(41)12(4)33/h1-20H,21H2;/q+1;-1. The van der Waals surface area contributed by atoms with Crippen molar-refractivity contribution in [1.29, 1.82) is 0 Å². The molecule has 0 amide bonds. The summed E-state index contributed by atoms with van der Waals surface area (Å²) in [5.74, 6) is -71.4. The smallest absolute Gasteiger partial charge is 0.261 e. The number of pyridine rings is 1. The molecule has 2 nitrogen and oxygen atoms in total. The molecule has 78 heavy (non-hydrogen) atoms. The van der Waals surface area contributed by atoms with Gasteiger partial charge < -0.3 is 0 Å². The number of fused-ring (bicyclic) bond motifs is 3. The minimum absolute atomic E-state index is 0.0516. The Hall–Kier alpha value is -8.76. The Balaban J connectivity index is 0.000000198. The lowest BCUT2D eigenvalue weighted by atomic mass is 9.12. The maximum absolute atomic E-state index is 15.4. The van der Waals surface area contributed by atoms with Gasteiger partial charge in [0, 0.05) is 17.2 Å². The Morgan fingerprint density at radius 1 is 0.321 bits per heavy atom. The van der Waals surface area contributed by atoms with E-state index < -0.39 is 144 Å². The van der Waals surface area contributed by atoms with E-state index in [-0.39, 0.29) is 5.78 Å². The van der Waals surface area contributed by atoms with Gasteiger partial charge in [-0.15, -0.1) is 21.9 Å². The predicted octanol–water partition coefficient (Wildman–Crippen LogP) is 12.6. The van der Waals surface area contributed by atoms with Gasteiger partial charge in [-0.1, -0.05) is 97.1 Å². The number of ketones is 1. The molecule has 0 aliphatic rings. The molecular formula is C55H22BF20NO. The molecule has 9 aromatic carbocycles. The van der Waals surface area contributed by atoms with E-state index in [1.165, 1.54) is 0 Å². The highest BCUT2D eigenvalue weighted by Gasteiger charge is 2.52. The Kier molecular flexibility index (Phi) is 14.1. The SMILES string of the molecule is Fc1c(F)c(F)c([B-](c2c(F)c(F)c(F)c(F)c2F)(c2c(F)c(F)c(F)c(F)c2F)c2c(F)c(F)c(F)c(F)c2F)c(F)c1F.O=C(c1c2ccccc2cc2ccccc12)c1c2ccccc2cc[n+]1Cc1ccccc1. The lowest BCUT2D eigenvalue weighted by Gasteiger charge is -2.44. The van der Waals surface area contributed by atoms with Crippen LogP contribution in [0.2, 0.25) is 0 Å². The Morgan fingerprint density at radius 3 is 0.949 bits per heavy atom. The second kappa shape index (κ2) is 20.3. The number of aromatic nitrogens is 1. The fourth-order valence-corrected chi connectivity index (χ4v) is 9.67. The van der Waals surface area contributed by atoms with E-state index in [4.69, 9.17) is 0 Å². The zero-order valence-electron chi connectivity index (χ0n) is 38.2. The first-order valence-corrected chi connectivity index (χ1v) is 22.1. The Morgan fingerprint density at radius 2 is 0.603 bits per heavy atom. The highest BCUT2D eigenvalue weighted by Crippen LogP contribution is 2.34. The van der Waals surface area contributed by atoms with Crippen molar-refractivity contribution in [2.75, 3.05) is 0 Å². The van der Waals surface area contributed by atoms with Gasteiger partial charge in [0.05, 0.1) is 5.39 Å². The molecule has 0 fully saturated rings. The minimum atomic E-state index is -7.22. The van der Waals surface area contributed by atoms with E-state index in [0.29, 0.717) is 6.54 Å². The van der Waals surface area contributed by atoms with Gasteiger partial charge in [0.1, 0.15) is 52.7 Å². The largest absolute Gasteiger partial charge is 0.282 e. The molecule has 0 bridgehead atoms. The fraction of sp³-hybridized carbons (Fsp3) is 0.0182. The minimum Gasteiger partial charge on any atom is -0.282 e. The van der Waals surface area contributed by atoms with Crippen LogP contribution in [-0.4, -0.2) is 11.9 Å². The van der Waals surface area contributed by atoms with E-state index in [0.717, 1.165) is 49.1 Å². The maximum atomic E-state index is 15.4. The summed E-state index contributed by atoms with van der Waals surface area (Å²) in [4.78, 5) is 14.5. The molecule has 0 radical (unpaired) electrons. The molecule has 10 aromatic rings. The van der Waals surface area contributed by atoms with Gasteiger partial charge in [-0.25, -0.2) is 87.8 Å². The number of hydrogen-bond donors (Lipinski definition) is 0. The summed E-state index contributed by atoms with van der Waals surface area (Å²) in [6.45, 7) is 0.634. The summed E-state index contributed by atoms with van der Waals surface area (Å²) in [5.41, 5.74) is -11.7. The first-order chi connectivity index (χ1) is 37.0. The van der Waals surface area contributed by atoms with Crippen molar-refractivity contribution < 1.29 is 97.2 Å². The third kappa shape index (κ3) is 8.24. The van der Waals surface area contributed by atoms with Crippen LogP contribution >= 0.6 is 0 Å². The van der Waals surface area contributed by atoms with Crippen LogP contribution in [0.15, 0.2) is 121 Å². The van der Waals surface area contributed by atoms with E-state index in [1.54, 1.807) is 0 Å². The number of benzene rings is 9. The number of halogens is 20. The van der Waals surface area contributed by atoms with E-state index in [2.05, 4.69) is 65.2 Å². The van der Waals surface area contributed by atoms with Gasteiger partial charge in [0.25, 0.3) is 11.5 Å². The van der Waals surface area contributed by atoms with Crippen molar-refractivity contribution in [2.45, 2.75) is 6.54 Å². The van der Waals surface area contributed by atoms with Crippen molar-refractivity contribution in [3.05, 3.63) is 255 Å². The fourth-order valence-electron chi connectivity index (χ4n) is 9.67. The van der Waals surface area contributed by atoms with E-state index in [1.807, 2.05) is 60.8 Å². The lowest BCUT2D eigenvalue weighted by molar-refractivity contribution is -0.688. The van der Waals surface area contributed by atoms with Crippen molar-refractivity contribution in [3.63, 3.8) is 0 Å². The summed E-state index contributed by atoms with van der Waals surface area (Å²) in [6.07, 6.45) is -5.18. The van der Waals surface area contributed by atoms with Gasteiger partial charge in [-0.05, 0) is 39.1 Å². The molecule has 0 saturated heterocycles. The zero-order valence-corrected chi connectivity index (χ0v) is 38.2. The highest BCUT2D eigenvalue weighted by atomic mass is 19.2. The molecule has 396 valence electrons. The van der Waals surface area contributed by atoms with Gasteiger partial charge in [-0.2, -0.15) is 4.57 Å². The van der Waals surface area contributed by atoms with Crippen LogP contribution in [0.3, 0.4) is 0 Å². The van der Waals surface area contributed by atoms with Crippen LogP contribution in [-0.2, 0) is 6.54 Å². The molecule has 0 spiro atoms. The van der Waals surface area contributed by atoms with Crippen molar-refractivity contribution in [1.82, 2.24) is 0 Å². The first-order valence-electron chi connectivity index (χ1n) is 22.1. The van der Waals surface area contributed by atoms with Gasteiger partial charge in [0.15, 0.2) is 82.5 Å². The average molecular weight is 1100 g/mol. The van der Waals surface area contributed by atoms with Crippen LogP contribution < -0.4 is 26.4 Å². The first kappa shape index (κ1) is 54.0. The third-order valence-corrected chi connectivity index (χ3v) is 13.1. The third-order valence-electron chi connectivity index (χ3n) is 13.1. The van der Waals surface area contributed by atoms with Crippen LogP contribution in [0.5, 0.6) is 0 Å². The summed E-state index contributed by atoms with van der Waals surface area (Å²) < 4.78 is 296. The topological polar surface area (TPSA) is 20.9 Å². The Bertz CT molecular complexity index is 3720. The molecule has 0 atom stereocenters. The summed E-state index contributed by atoms with van der Waals surface area (Å²) in [6, 6.07) is 39.1. The number of rotatable bonds is 8. The van der Waals surface area contributed by atoms with E-state index >= 15 is 35.1 Å².